The van der Waals surface area contributed by atoms with Crippen molar-refractivity contribution in [3.63, 3.8) is 0 Å². The summed E-state index contributed by atoms with van der Waals surface area (Å²) in [7, 11) is 0. The third-order valence-electron chi connectivity index (χ3n) is 2.60. The van der Waals surface area contributed by atoms with Gasteiger partial charge in [-0.25, -0.2) is 4.39 Å². The molecule has 0 aliphatic carbocycles. The number of esters is 1. The van der Waals surface area contributed by atoms with Crippen molar-refractivity contribution in [1.29, 1.82) is 0 Å². The minimum Gasteiger partial charge on any atom is -0.466 e. The number of hydrogen-bond acceptors (Lipinski definition) is 4. The first-order chi connectivity index (χ1) is 9.04. The fourth-order valence-electron chi connectivity index (χ4n) is 1.61. The number of aliphatic hydroxyl groups excluding tert-OH is 1. The van der Waals surface area contributed by atoms with Crippen LogP contribution in [0.15, 0.2) is 24.3 Å². The first-order valence-electron chi connectivity index (χ1n) is 6.18. The van der Waals surface area contributed by atoms with Crippen LogP contribution in [0.1, 0.15) is 36.5 Å². The van der Waals surface area contributed by atoms with Crippen LogP contribution >= 0.6 is 0 Å². The predicted molar refractivity (Wildman–Crippen MR) is 67.2 cm³/mol. The molecule has 0 aliphatic heterocycles. The quantitative estimate of drug-likeness (QED) is 0.607. The molecule has 0 aromatic heterocycles. The number of halogens is 1. The first-order valence-corrected chi connectivity index (χ1v) is 6.18. The van der Waals surface area contributed by atoms with Gasteiger partial charge in [0, 0.05) is 12.0 Å². The summed E-state index contributed by atoms with van der Waals surface area (Å²) in [6.07, 6.45) is -0.469. The van der Waals surface area contributed by atoms with E-state index in [0.29, 0.717) is 13.0 Å². The molecular formula is C14H17FO4. The molecule has 0 saturated heterocycles. The van der Waals surface area contributed by atoms with Crippen LogP contribution < -0.4 is 0 Å². The maximum atomic E-state index is 12.7. The number of benzene rings is 1. The van der Waals surface area contributed by atoms with E-state index in [1.54, 1.807) is 6.92 Å². The molecule has 0 aliphatic rings. The van der Waals surface area contributed by atoms with Crippen LogP contribution in [0.3, 0.4) is 0 Å². The summed E-state index contributed by atoms with van der Waals surface area (Å²) in [6.45, 7) is 2.03. The highest BCUT2D eigenvalue weighted by molar-refractivity contribution is 5.99. The third-order valence-corrected chi connectivity index (χ3v) is 2.60. The van der Waals surface area contributed by atoms with Crippen LogP contribution in [0.4, 0.5) is 4.39 Å². The molecule has 5 heteroatoms. The molecule has 1 atom stereocenters. The minimum atomic E-state index is -1.18. The van der Waals surface area contributed by atoms with Gasteiger partial charge in [-0.15, -0.1) is 0 Å². The molecule has 104 valence electrons. The average molecular weight is 268 g/mol. The number of aliphatic hydroxyl groups is 1. The van der Waals surface area contributed by atoms with Gasteiger partial charge in [0.1, 0.15) is 11.9 Å². The van der Waals surface area contributed by atoms with Crippen LogP contribution in [0.2, 0.25) is 0 Å². The lowest BCUT2D eigenvalue weighted by Gasteiger charge is -2.09. The lowest BCUT2D eigenvalue weighted by atomic mass is 10.0. The SMILES string of the molecule is CCOC(=O)CCCC(O)C(=O)c1ccc(F)cc1. The Bertz CT molecular complexity index is 428. The molecule has 4 nitrogen and oxygen atoms in total. The molecule has 0 fully saturated rings. The molecule has 1 rings (SSSR count). The van der Waals surface area contributed by atoms with Gasteiger partial charge in [-0.3, -0.25) is 9.59 Å². The molecule has 0 amide bonds. The van der Waals surface area contributed by atoms with Crippen LogP contribution in [-0.2, 0) is 9.53 Å². The molecular weight excluding hydrogens is 251 g/mol. The van der Waals surface area contributed by atoms with Gasteiger partial charge in [-0.05, 0) is 44.0 Å². The summed E-state index contributed by atoms with van der Waals surface area (Å²) in [5, 5.41) is 9.69. The second kappa shape index (κ2) is 7.63. The highest BCUT2D eigenvalue weighted by Gasteiger charge is 2.17. The second-order valence-electron chi connectivity index (χ2n) is 4.08. The summed E-state index contributed by atoms with van der Waals surface area (Å²) in [6, 6.07) is 4.98. The average Bonchev–Trinajstić information content (AvgIpc) is 2.39. The molecule has 19 heavy (non-hydrogen) atoms. The number of Topliss-reactive ketones (excluding diaryl/α,β-unsaturated/α-hetero) is 1. The maximum Gasteiger partial charge on any atom is 0.305 e. The van der Waals surface area contributed by atoms with Crippen molar-refractivity contribution in [2.24, 2.45) is 0 Å². The fourth-order valence-corrected chi connectivity index (χ4v) is 1.61. The van der Waals surface area contributed by atoms with Gasteiger partial charge in [-0.2, -0.15) is 0 Å². The third kappa shape index (κ3) is 5.18. The van der Waals surface area contributed by atoms with Gasteiger partial charge in [0.05, 0.1) is 6.61 Å². The number of rotatable bonds is 7. The van der Waals surface area contributed by atoms with E-state index in [9.17, 15) is 19.1 Å². The summed E-state index contributed by atoms with van der Waals surface area (Å²) in [5.41, 5.74) is 0.255. The van der Waals surface area contributed by atoms with Crippen molar-refractivity contribution in [2.45, 2.75) is 32.3 Å². The minimum absolute atomic E-state index is 0.168. The van der Waals surface area contributed by atoms with Gasteiger partial charge >= 0.3 is 5.97 Å². The topological polar surface area (TPSA) is 63.6 Å². The Morgan fingerprint density at radius 2 is 1.95 bits per heavy atom. The lowest BCUT2D eigenvalue weighted by molar-refractivity contribution is -0.143. The van der Waals surface area contributed by atoms with E-state index in [1.807, 2.05) is 0 Å². The standard InChI is InChI=1S/C14H17FO4/c1-2-19-13(17)5-3-4-12(16)14(18)10-6-8-11(15)9-7-10/h6-9,12,16H,2-5H2,1H3. The number of carbonyl (C=O) groups is 2. The van der Waals surface area contributed by atoms with E-state index >= 15 is 0 Å². The van der Waals surface area contributed by atoms with Gasteiger partial charge in [0.2, 0.25) is 0 Å². The van der Waals surface area contributed by atoms with E-state index in [1.165, 1.54) is 24.3 Å². The fraction of sp³-hybridized carbons (Fsp3) is 0.429. The van der Waals surface area contributed by atoms with Crippen molar-refractivity contribution in [2.75, 3.05) is 6.61 Å². The molecule has 0 radical (unpaired) electrons. The van der Waals surface area contributed by atoms with E-state index in [0.717, 1.165) is 0 Å². The number of ether oxygens (including phenoxy) is 1. The molecule has 1 aromatic rings. The zero-order chi connectivity index (χ0) is 14.3. The first kappa shape index (κ1) is 15.3. The Hall–Kier alpha value is -1.75. The Morgan fingerprint density at radius 3 is 2.53 bits per heavy atom. The molecule has 1 unspecified atom stereocenters. The van der Waals surface area contributed by atoms with Gasteiger partial charge in [-0.1, -0.05) is 0 Å². The van der Waals surface area contributed by atoms with Gasteiger partial charge < -0.3 is 9.84 Å². The molecule has 0 bridgehead atoms. The van der Waals surface area contributed by atoms with Crippen LogP contribution in [0.25, 0.3) is 0 Å². The van der Waals surface area contributed by atoms with Crippen molar-refractivity contribution in [3.8, 4) is 0 Å². The van der Waals surface area contributed by atoms with E-state index in [2.05, 4.69) is 0 Å². The smallest absolute Gasteiger partial charge is 0.305 e. The molecule has 1 aromatic carbocycles. The summed E-state index contributed by atoms with van der Waals surface area (Å²) >= 11 is 0. The zero-order valence-corrected chi connectivity index (χ0v) is 10.8. The Morgan fingerprint density at radius 1 is 1.32 bits per heavy atom. The highest BCUT2D eigenvalue weighted by atomic mass is 19.1. The highest BCUT2D eigenvalue weighted by Crippen LogP contribution is 2.10. The molecule has 0 heterocycles. The number of carbonyl (C=O) groups excluding carboxylic acids is 2. The van der Waals surface area contributed by atoms with Gasteiger partial charge in [0.25, 0.3) is 0 Å². The zero-order valence-electron chi connectivity index (χ0n) is 10.8. The van der Waals surface area contributed by atoms with E-state index in [4.69, 9.17) is 4.74 Å². The molecule has 0 spiro atoms. The van der Waals surface area contributed by atoms with Crippen LogP contribution in [0, 0.1) is 5.82 Å². The Kier molecular flexibility index (Phi) is 6.15. The molecule has 0 saturated carbocycles. The number of hydrogen-bond donors (Lipinski definition) is 1. The Labute approximate surface area is 111 Å². The van der Waals surface area contributed by atoms with Crippen molar-refractivity contribution >= 4 is 11.8 Å². The maximum absolute atomic E-state index is 12.7. The normalized spacial score (nSPS) is 11.9. The second-order valence-corrected chi connectivity index (χ2v) is 4.08. The van der Waals surface area contributed by atoms with Gasteiger partial charge in [0.15, 0.2) is 5.78 Å². The predicted octanol–water partition coefficient (Wildman–Crippen LogP) is 2.10. The van der Waals surface area contributed by atoms with Crippen LogP contribution in [-0.4, -0.2) is 29.6 Å². The largest absolute Gasteiger partial charge is 0.466 e. The summed E-state index contributed by atoms with van der Waals surface area (Å²) in [5.74, 6) is -1.25. The van der Waals surface area contributed by atoms with E-state index in [-0.39, 0.29) is 24.4 Å². The monoisotopic (exact) mass is 268 g/mol. The van der Waals surface area contributed by atoms with Crippen molar-refractivity contribution in [3.05, 3.63) is 35.6 Å². The Balaban J connectivity index is 2.41. The van der Waals surface area contributed by atoms with Crippen LogP contribution in [0.5, 0.6) is 0 Å². The lowest BCUT2D eigenvalue weighted by Crippen LogP contribution is -2.20. The van der Waals surface area contributed by atoms with Crippen molar-refractivity contribution in [1.82, 2.24) is 0 Å². The summed E-state index contributed by atoms with van der Waals surface area (Å²) in [4.78, 5) is 22.8. The summed E-state index contributed by atoms with van der Waals surface area (Å²) < 4.78 is 17.4. The van der Waals surface area contributed by atoms with E-state index < -0.39 is 17.7 Å². The molecule has 1 N–H and O–H groups in total. The van der Waals surface area contributed by atoms with Crippen molar-refractivity contribution < 1.29 is 23.8 Å². The number of ketones is 1.